The Morgan fingerprint density at radius 3 is 2.44 bits per heavy atom. The van der Waals surface area contributed by atoms with Gasteiger partial charge in [0.15, 0.2) is 11.5 Å². The molecule has 0 bridgehead atoms. The van der Waals surface area contributed by atoms with Crippen LogP contribution in [0.3, 0.4) is 0 Å². The van der Waals surface area contributed by atoms with Gasteiger partial charge in [-0.15, -0.1) is 0 Å². The van der Waals surface area contributed by atoms with Gasteiger partial charge in [-0.3, -0.25) is 9.59 Å². The first-order valence-corrected chi connectivity index (χ1v) is 8.60. The van der Waals surface area contributed by atoms with Crippen LogP contribution in [0, 0.1) is 0 Å². The zero-order chi connectivity index (χ0) is 17.8. The number of benzene rings is 2. The summed E-state index contributed by atoms with van der Waals surface area (Å²) < 4.78 is 12.1. The second kappa shape index (κ2) is 7.66. The normalized spacial score (nSPS) is 12.2. The van der Waals surface area contributed by atoms with Crippen LogP contribution in [0.25, 0.3) is 0 Å². The van der Waals surface area contributed by atoms with Crippen molar-refractivity contribution in [2.75, 3.05) is 12.1 Å². The van der Waals surface area contributed by atoms with E-state index in [1.165, 1.54) is 6.21 Å². The summed E-state index contributed by atoms with van der Waals surface area (Å²) in [4.78, 5) is 23.6. The molecule has 128 valence electrons. The first kappa shape index (κ1) is 17.4. The van der Waals surface area contributed by atoms with E-state index in [4.69, 9.17) is 9.47 Å². The van der Waals surface area contributed by atoms with E-state index in [1.54, 1.807) is 36.4 Å². The van der Waals surface area contributed by atoms with Crippen LogP contribution in [0.15, 0.2) is 50.4 Å². The molecule has 1 heterocycles. The minimum atomic E-state index is -0.879. The van der Waals surface area contributed by atoms with Crippen LogP contribution in [0.5, 0.6) is 11.5 Å². The van der Waals surface area contributed by atoms with E-state index < -0.39 is 11.8 Å². The van der Waals surface area contributed by atoms with Crippen molar-refractivity contribution in [2.24, 2.45) is 5.10 Å². The van der Waals surface area contributed by atoms with E-state index in [9.17, 15) is 9.59 Å². The van der Waals surface area contributed by atoms with Gasteiger partial charge < -0.3 is 14.8 Å². The number of rotatable bonds is 3. The van der Waals surface area contributed by atoms with Gasteiger partial charge in [0, 0.05) is 20.2 Å². The summed E-state index contributed by atoms with van der Waals surface area (Å²) in [7, 11) is 0. The molecule has 9 heteroatoms. The number of hydrogen-bond donors (Lipinski definition) is 2. The molecule has 3 rings (SSSR count). The summed E-state index contributed by atoms with van der Waals surface area (Å²) in [6.45, 7) is 0.162. The Labute approximate surface area is 159 Å². The Bertz CT molecular complexity index is 853. The van der Waals surface area contributed by atoms with Gasteiger partial charge in [-0.1, -0.05) is 15.9 Å². The number of anilines is 1. The smallest absolute Gasteiger partial charge is 0.329 e. The third-order valence-electron chi connectivity index (χ3n) is 3.17. The van der Waals surface area contributed by atoms with Gasteiger partial charge in [-0.2, -0.15) is 5.10 Å². The molecule has 7 nitrogen and oxygen atoms in total. The Morgan fingerprint density at radius 1 is 1.04 bits per heavy atom. The number of halogens is 2. The molecule has 0 aromatic heterocycles. The molecule has 2 N–H and O–H groups in total. The lowest BCUT2D eigenvalue weighted by Gasteiger charge is -2.04. The first-order valence-electron chi connectivity index (χ1n) is 7.02. The number of amides is 2. The molecule has 0 atom stereocenters. The lowest BCUT2D eigenvalue weighted by atomic mass is 10.2. The molecule has 1 aliphatic heterocycles. The quantitative estimate of drug-likeness (QED) is 0.411. The molecule has 0 unspecified atom stereocenters. The zero-order valence-corrected chi connectivity index (χ0v) is 15.8. The first-order chi connectivity index (χ1) is 12.0. The summed E-state index contributed by atoms with van der Waals surface area (Å²) in [5.74, 6) is -0.480. The second-order valence-electron chi connectivity index (χ2n) is 4.89. The van der Waals surface area contributed by atoms with Gasteiger partial charge in [-0.05, 0) is 52.3 Å². The lowest BCUT2D eigenvalue weighted by Crippen LogP contribution is -2.32. The monoisotopic (exact) mass is 467 g/mol. The maximum Gasteiger partial charge on any atom is 0.329 e. The number of ether oxygens (including phenoxy) is 2. The second-order valence-corrected chi connectivity index (χ2v) is 6.66. The average Bonchev–Trinajstić information content (AvgIpc) is 3.04. The van der Waals surface area contributed by atoms with Crippen molar-refractivity contribution in [2.45, 2.75) is 0 Å². The van der Waals surface area contributed by atoms with E-state index in [0.29, 0.717) is 27.2 Å². The minimum Gasteiger partial charge on any atom is -0.454 e. The van der Waals surface area contributed by atoms with E-state index in [1.807, 2.05) is 0 Å². The van der Waals surface area contributed by atoms with Gasteiger partial charge in [-0.25, -0.2) is 5.43 Å². The van der Waals surface area contributed by atoms with Crippen molar-refractivity contribution in [1.82, 2.24) is 5.43 Å². The van der Waals surface area contributed by atoms with Crippen molar-refractivity contribution in [1.29, 1.82) is 0 Å². The maximum atomic E-state index is 11.8. The van der Waals surface area contributed by atoms with Gasteiger partial charge in [0.1, 0.15) is 0 Å². The number of nitrogens with one attached hydrogen (secondary N) is 2. The topological polar surface area (TPSA) is 89.0 Å². The molecule has 2 aromatic carbocycles. The van der Waals surface area contributed by atoms with Crippen LogP contribution in [-0.2, 0) is 9.59 Å². The summed E-state index contributed by atoms with van der Waals surface area (Å²) in [5.41, 5.74) is 3.34. The van der Waals surface area contributed by atoms with E-state index in [2.05, 4.69) is 47.7 Å². The summed E-state index contributed by atoms with van der Waals surface area (Å²) in [5, 5.41) is 6.26. The van der Waals surface area contributed by atoms with Crippen LogP contribution in [0.4, 0.5) is 5.69 Å². The van der Waals surface area contributed by atoms with E-state index >= 15 is 0 Å². The van der Waals surface area contributed by atoms with Crippen LogP contribution in [0.2, 0.25) is 0 Å². The molecule has 0 saturated heterocycles. The zero-order valence-electron chi connectivity index (χ0n) is 12.6. The Morgan fingerprint density at radius 2 is 1.72 bits per heavy atom. The molecule has 0 aliphatic carbocycles. The molecule has 0 saturated carbocycles. The van der Waals surface area contributed by atoms with Gasteiger partial charge in [0.2, 0.25) is 6.79 Å². The van der Waals surface area contributed by atoms with Gasteiger partial charge in [0.25, 0.3) is 0 Å². The molecule has 0 radical (unpaired) electrons. The molecular weight excluding hydrogens is 458 g/mol. The number of nitrogens with zero attached hydrogens (tertiary/aromatic N) is 1. The molecular formula is C16H11Br2N3O4. The SMILES string of the molecule is O=C(N/N=C\c1cc2c(cc1Br)OCO2)C(=O)Nc1ccc(Br)cc1. The third kappa shape index (κ3) is 4.37. The van der Waals surface area contributed by atoms with Crippen molar-refractivity contribution in [3.8, 4) is 11.5 Å². The molecule has 2 amide bonds. The highest BCUT2D eigenvalue weighted by Gasteiger charge is 2.16. The minimum absolute atomic E-state index is 0.162. The molecule has 1 aliphatic rings. The fourth-order valence-corrected chi connectivity index (χ4v) is 2.65. The summed E-state index contributed by atoms with van der Waals surface area (Å²) in [6.07, 6.45) is 1.40. The van der Waals surface area contributed by atoms with E-state index in [0.717, 1.165) is 4.47 Å². The maximum absolute atomic E-state index is 11.8. The molecule has 25 heavy (non-hydrogen) atoms. The molecule has 0 spiro atoms. The highest BCUT2D eigenvalue weighted by molar-refractivity contribution is 9.10. The standard InChI is InChI=1S/C16H11Br2N3O4/c17-10-1-3-11(4-2-10)20-15(22)16(23)21-19-7-9-5-13-14(6-12(9)18)25-8-24-13/h1-7H,8H2,(H,20,22)(H,21,23)/b19-7-. The Kier molecular flexibility index (Phi) is 5.34. The highest BCUT2D eigenvalue weighted by atomic mass is 79.9. The highest BCUT2D eigenvalue weighted by Crippen LogP contribution is 2.36. The van der Waals surface area contributed by atoms with Gasteiger partial charge in [0.05, 0.1) is 6.21 Å². The largest absolute Gasteiger partial charge is 0.454 e. The number of fused-ring (bicyclic) bond motifs is 1. The Balaban J connectivity index is 1.59. The van der Waals surface area contributed by atoms with Crippen LogP contribution < -0.4 is 20.2 Å². The Hall–Kier alpha value is -2.39. The number of hydrazone groups is 1. The van der Waals surface area contributed by atoms with Crippen molar-refractivity contribution in [3.63, 3.8) is 0 Å². The fraction of sp³-hybridized carbons (Fsp3) is 0.0625. The van der Waals surface area contributed by atoms with Crippen molar-refractivity contribution in [3.05, 3.63) is 50.9 Å². The molecule has 2 aromatic rings. The summed E-state index contributed by atoms with van der Waals surface area (Å²) in [6, 6.07) is 10.3. The number of carbonyl (C=O) groups excluding carboxylic acids is 2. The fourth-order valence-electron chi connectivity index (χ4n) is 1.96. The number of carbonyl (C=O) groups is 2. The molecule has 0 fully saturated rings. The van der Waals surface area contributed by atoms with Crippen LogP contribution in [-0.4, -0.2) is 24.8 Å². The average molecular weight is 469 g/mol. The van der Waals surface area contributed by atoms with Crippen LogP contribution >= 0.6 is 31.9 Å². The van der Waals surface area contributed by atoms with Crippen molar-refractivity contribution < 1.29 is 19.1 Å². The predicted molar refractivity (Wildman–Crippen MR) is 98.8 cm³/mol. The summed E-state index contributed by atoms with van der Waals surface area (Å²) >= 11 is 6.66. The van der Waals surface area contributed by atoms with Crippen LogP contribution in [0.1, 0.15) is 5.56 Å². The van der Waals surface area contributed by atoms with Gasteiger partial charge >= 0.3 is 11.8 Å². The lowest BCUT2D eigenvalue weighted by molar-refractivity contribution is -0.136. The van der Waals surface area contributed by atoms with E-state index in [-0.39, 0.29) is 6.79 Å². The third-order valence-corrected chi connectivity index (χ3v) is 4.39. The predicted octanol–water partition coefficient (Wildman–Crippen LogP) is 3.03. The van der Waals surface area contributed by atoms with Crippen molar-refractivity contribution >= 4 is 55.6 Å². The number of hydrogen-bond acceptors (Lipinski definition) is 5.